The zero-order valence-corrected chi connectivity index (χ0v) is 13.4. The monoisotopic (exact) mass is 293 g/mol. The summed E-state index contributed by atoms with van der Waals surface area (Å²) in [5.41, 5.74) is 0.967. The molecule has 0 fully saturated rings. The first-order valence-electron chi connectivity index (χ1n) is 6.77. The normalized spacial score (nSPS) is 12.8. The van der Waals surface area contributed by atoms with Crippen molar-refractivity contribution >= 4 is 23.0 Å². The molecule has 0 spiro atoms. The third kappa shape index (κ3) is 6.78. The van der Waals surface area contributed by atoms with Gasteiger partial charge in [0.1, 0.15) is 11.9 Å². The van der Waals surface area contributed by atoms with Crippen LogP contribution in [-0.4, -0.2) is 30.1 Å². The first-order chi connectivity index (χ1) is 9.51. The van der Waals surface area contributed by atoms with Crippen LogP contribution >= 0.6 is 11.8 Å². The van der Waals surface area contributed by atoms with Gasteiger partial charge in [-0.15, -0.1) is 0 Å². The van der Waals surface area contributed by atoms with Crippen molar-refractivity contribution in [3.8, 4) is 5.75 Å². The average Bonchev–Trinajstić information content (AvgIpc) is 2.43. The molecule has 0 amide bonds. The Kier molecular flexibility index (Phi) is 7.41. The predicted molar refractivity (Wildman–Crippen MR) is 87.2 cm³/mol. The zero-order chi connectivity index (χ0) is 15.0. The minimum atomic E-state index is 0.0471. The molecule has 0 bridgehead atoms. The van der Waals surface area contributed by atoms with Crippen molar-refractivity contribution in [2.45, 2.75) is 32.9 Å². The Balaban J connectivity index is 2.59. The highest BCUT2D eigenvalue weighted by molar-refractivity contribution is 8.13. The molecule has 1 N–H and O–H groups in total. The van der Waals surface area contributed by atoms with Crippen molar-refractivity contribution in [1.82, 2.24) is 5.32 Å². The molecule has 1 atom stereocenters. The molecule has 0 radical (unpaired) electrons. The Hall–Kier alpha value is -1.26. The van der Waals surface area contributed by atoms with E-state index < -0.39 is 0 Å². The van der Waals surface area contributed by atoms with Crippen molar-refractivity contribution < 1.29 is 9.53 Å². The summed E-state index contributed by atoms with van der Waals surface area (Å²) in [6.07, 6.45) is 5.26. The summed E-state index contributed by atoms with van der Waals surface area (Å²) in [6.45, 7) is 7.07. The Labute approximate surface area is 125 Å². The predicted octanol–water partition coefficient (Wildman–Crippen LogP) is 3.35. The van der Waals surface area contributed by atoms with Crippen LogP contribution in [0.2, 0.25) is 0 Å². The minimum Gasteiger partial charge on any atom is -0.489 e. The maximum atomic E-state index is 11.2. The van der Waals surface area contributed by atoms with Crippen LogP contribution in [0.5, 0.6) is 5.75 Å². The lowest BCUT2D eigenvalue weighted by Gasteiger charge is -2.17. The minimum absolute atomic E-state index is 0.0471. The number of hydrogen-bond donors (Lipinski definition) is 1. The summed E-state index contributed by atoms with van der Waals surface area (Å²) in [5.74, 6) is 0.821. The molecule has 0 aliphatic rings. The standard InChI is InChI=1S/C16H23NO2S/c1-12(2)17-11-13(3)19-15-7-5-6-14(10-15)8-9-16(18)20-4/h5-10,12-13,17H,11H2,1-4H3/b9-8+/t13-/m1/s1. The topological polar surface area (TPSA) is 38.3 Å². The van der Waals surface area contributed by atoms with Crippen molar-refractivity contribution in [1.29, 1.82) is 0 Å². The van der Waals surface area contributed by atoms with E-state index in [2.05, 4.69) is 19.2 Å². The summed E-state index contributed by atoms with van der Waals surface area (Å²) in [4.78, 5) is 11.2. The molecule has 0 unspecified atom stereocenters. The SMILES string of the molecule is CSC(=O)/C=C/c1cccc(O[C@H](C)CNC(C)C)c1. The molecule has 0 heterocycles. The van der Waals surface area contributed by atoms with Gasteiger partial charge in [0, 0.05) is 12.6 Å². The number of carbonyl (C=O) groups excluding carboxylic acids is 1. The van der Waals surface area contributed by atoms with E-state index in [0.29, 0.717) is 6.04 Å². The molecule has 20 heavy (non-hydrogen) atoms. The van der Waals surface area contributed by atoms with Gasteiger partial charge < -0.3 is 10.1 Å². The summed E-state index contributed by atoms with van der Waals surface area (Å²) in [5, 5.41) is 3.39. The van der Waals surface area contributed by atoms with Gasteiger partial charge in [-0.05, 0) is 37.0 Å². The Morgan fingerprint density at radius 1 is 1.40 bits per heavy atom. The van der Waals surface area contributed by atoms with Crippen LogP contribution < -0.4 is 10.1 Å². The third-order valence-electron chi connectivity index (χ3n) is 2.62. The van der Waals surface area contributed by atoms with E-state index in [4.69, 9.17) is 4.74 Å². The van der Waals surface area contributed by atoms with E-state index in [-0.39, 0.29) is 11.2 Å². The molecule has 3 nitrogen and oxygen atoms in total. The van der Waals surface area contributed by atoms with Crippen LogP contribution in [0.4, 0.5) is 0 Å². The maximum absolute atomic E-state index is 11.2. The van der Waals surface area contributed by atoms with Gasteiger partial charge >= 0.3 is 0 Å². The molecule has 1 aromatic rings. The lowest BCUT2D eigenvalue weighted by atomic mass is 10.2. The van der Waals surface area contributed by atoms with E-state index in [1.807, 2.05) is 37.3 Å². The Morgan fingerprint density at radius 2 is 2.15 bits per heavy atom. The lowest BCUT2D eigenvalue weighted by Crippen LogP contribution is -2.33. The second-order valence-corrected chi connectivity index (χ2v) is 5.73. The summed E-state index contributed by atoms with van der Waals surface area (Å²) in [7, 11) is 0. The molecule has 0 saturated heterocycles. The Bertz CT molecular complexity index is 458. The average molecular weight is 293 g/mol. The fourth-order valence-corrected chi connectivity index (χ4v) is 1.80. The molecule has 110 valence electrons. The second-order valence-electron chi connectivity index (χ2n) is 4.92. The van der Waals surface area contributed by atoms with Gasteiger partial charge in [-0.1, -0.05) is 43.8 Å². The van der Waals surface area contributed by atoms with Gasteiger partial charge in [-0.2, -0.15) is 0 Å². The summed E-state index contributed by atoms with van der Waals surface area (Å²) >= 11 is 1.20. The number of rotatable bonds is 7. The highest BCUT2D eigenvalue weighted by Crippen LogP contribution is 2.16. The molecule has 0 aliphatic heterocycles. The third-order valence-corrected chi connectivity index (χ3v) is 3.16. The first kappa shape index (κ1) is 16.8. The smallest absolute Gasteiger partial charge is 0.211 e. The molecular formula is C16H23NO2S. The van der Waals surface area contributed by atoms with E-state index in [1.165, 1.54) is 11.8 Å². The molecule has 1 aromatic carbocycles. The van der Waals surface area contributed by atoms with E-state index >= 15 is 0 Å². The summed E-state index contributed by atoms with van der Waals surface area (Å²) in [6, 6.07) is 8.21. The van der Waals surface area contributed by atoms with Gasteiger partial charge in [0.2, 0.25) is 5.12 Å². The van der Waals surface area contributed by atoms with Crippen LogP contribution in [0.15, 0.2) is 30.3 Å². The van der Waals surface area contributed by atoms with E-state index in [0.717, 1.165) is 17.9 Å². The molecular weight excluding hydrogens is 270 g/mol. The molecule has 0 saturated carbocycles. The van der Waals surface area contributed by atoms with Gasteiger partial charge in [-0.3, -0.25) is 4.79 Å². The maximum Gasteiger partial charge on any atom is 0.211 e. The quantitative estimate of drug-likeness (QED) is 0.782. The Morgan fingerprint density at radius 3 is 2.80 bits per heavy atom. The lowest BCUT2D eigenvalue weighted by molar-refractivity contribution is -0.106. The molecule has 0 aromatic heterocycles. The van der Waals surface area contributed by atoms with Gasteiger partial charge in [-0.25, -0.2) is 0 Å². The van der Waals surface area contributed by atoms with Gasteiger partial charge in [0.25, 0.3) is 0 Å². The molecule has 0 aliphatic carbocycles. The number of thioether (sulfide) groups is 1. The van der Waals surface area contributed by atoms with Gasteiger partial charge in [0.05, 0.1) is 0 Å². The number of ether oxygens (including phenoxy) is 1. The fraction of sp³-hybridized carbons (Fsp3) is 0.438. The molecule has 4 heteroatoms. The number of carbonyl (C=O) groups is 1. The highest BCUT2D eigenvalue weighted by atomic mass is 32.2. The van der Waals surface area contributed by atoms with Crippen LogP contribution in [0.1, 0.15) is 26.3 Å². The van der Waals surface area contributed by atoms with Crippen LogP contribution in [0.25, 0.3) is 6.08 Å². The fourth-order valence-electron chi connectivity index (χ4n) is 1.60. The van der Waals surface area contributed by atoms with Crippen LogP contribution in [0.3, 0.4) is 0 Å². The van der Waals surface area contributed by atoms with E-state index in [9.17, 15) is 4.79 Å². The number of nitrogens with one attached hydrogen (secondary N) is 1. The molecule has 1 rings (SSSR count). The second kappa shape index (κ2) is 8.82. The van der Waals surface area contributed by atoms with Crippen LogP contribution in [-0.2, 0) is 4.79 Å². The largest absolute Gasteiger partial charge is 0.489 e. The van der Waals surface area contributed by atoms with Gasteiger partial charge in [0.15, 0.2) is 0 Å². The summed E-state index contributed by atoms with van der Waals surface area (Å²) < 4.78 is 5.85. The number of benzene rings is 1. The van der Waals surface area contributed by atoms with Crippen molar-refractivity contribution in [2.24, 2.45) is 0 Å². The van der Waals surface area contributed by atoms with Crippen molar-refractivity contribution in [3.05, 3.63) is 35.9 Å². The highest BCUT2D eigenvalue weighted by Gasteiger charge is 2.05. The van der Waals surface area contributed by atoms with E-state index in [1.54, 1.807) is 12.3 Å². The van der Waals surface area contributed by atoms with Crippen LogP contribution in [0, 0.1) is 0 Å². The van der Waals surface area contributed by atoms with Crippen molar-refractivity contribution in [2.75, 3.05) is 12.8 Å². The van der Waals surface area contributed by atoms with Crippen molar-refractivity contribution in [3.63, 3.8) is 0 Å². The zero-order valence-electron chi connectivity index (χ0n) is 12.6. The first-order valence-corrected chi connectivity index (χ1v) is 8.00. The number of hydrogen-bond acceptors (Lipinski definition) is 4.